The van der Waals surface area contributed by atoms with Gasteiger partial charge in [-0.05, 0) is 41.8 Å². The molecule has 3 N–H and O–H groups in total. The number of nitrogens with two attached hydrogens (primary N) is 1. The van der Waals surface area contributed by atoms with Gasteiger partial charge in [0.25, 0.3) is 11.8 Å². The van der Waals surface area contributed by atoms with E-state index in [9.17, 15) is 9.59 Å². The number of pyridine rings is 1. The lowest BCUT2D eigenvalue weighted by Crippen LogP contribution is -2.17. The molecule has 0 atom stereocenters. The van der Waals surface area contributed by atoms with Crippen LogP contribution in [-0.2, 0) is 0 Å². The number of para-hydroxylation sites is 1. The van der Waals surface area contributed by atoms with Crippen molar-refractivity contribution in [2.75, 3.05) is 12.1 Å². The third-order valence-electron chi connectivity index (χ3n) is 4.79. The topological polar surface area (TPSA) is 104 Å². The van der Waals surface area contributed by atoms with E-state index in [2.05, 4.69) is 5.32 Å². The van der Waals surface area contributed by atoms with E-state index in [1.165, 1.54) is 11.3 Å². The average molecular weight is 417 g/mol. The second-order valence-electron chi connectivity index (χ2n) is 6.62. The lowest BCUT2D eigenvalue weighted by Gasteiger charge is -2.11. The highest BCUT2D eigenvalue weighted by atomic mass is 32.1. The Kier molecular flexibility index (Phi) is 4.33. The number of primary amides is 1. The molecule has 0 unspecified atom stereocenters. The molecule has 0 saturated heterocycles. The minimum atomic E-state index is -0.591. The van der Waals surface area contributed by atoms with Gasteiger partial charge in [-0.2, -0.15) is 0 Å². The summed E-state index contributed by atoms with van der Waals surface area (Å²) >= 11 is 1.24. The van der Waals surface area contributed by atoms with Crippen molar-refractivity contribution in [3.05, 3.63) is 71.1 Å². The van der Waals surface area contributed by atoms with Gasteiger partial charge in [0.05, 0.1) is 22.3 Å². The number of ether oxygens (including phenoxy) is 2. The molecule has 148 valence electrons. The van der Waals surface area contributed by atoms with Crippen LogP contribution in [0.25, 0.3) is 22.2 Å². The molecule has 2 aromatic carbocycles. The Balaban J connectivity index is 1.59. The van der Waals surface area contributed by atoms with E-state index in [0.717, 1.165) is 5.56 Å². The number of carbonyl (C=O) groups excluding carboxylic acids is 2. The van der Waals surface area contributed by atoms with Crippen LogP contribution in [0.5, 0.6) is 11.5 Å². The number of fused-ring (bicyclic) bond motifs is 2. The Bertz CT molecular complexity index is 1310. The third-order valence-corrected chi connectivity index (χ3v) is 5.62. The number of carbonyl (C=O) groups is 2. The number of amides is 2. The normalized spacial score (nSPS) is 12.1. The molecule has 2 amide bonds. The SMILES string of the molecule is NC(=O)c1ccsc1NC(=O)c1cc(-c2ccc3c(c2)OCO3)nc2ccccc12. The zero-order chi connectivity index (χ0) is 20.7. The Morgan fingerprint density at radius 1 is 1.00 bits per heavy atom. The summed E-state index contributed by atoms with van der Waals surface area (Å²) in [5, 5.41) is 5.63. The third kappa shape index (κ3) is 3.13. The van der Waals surface area contributed by atoms with Crippen LogP contribution in [0, 0.1) is 0 Å². The van der Waals surface area contributed by atoms with Crippen molar-refractivity contribution in [2.24, 2.45) is 5.73 Å². The number of nitrogens with zero attached hydrogens (tertiary/aromatic N) is 1. The van der Waals surface area contributed by atoms with Gasteiger partial charge in [0.15, 0.2) is 11.5 Å². The fourth-order valence-electron chi connectivity index (χ4n) is 3.34. The maximum absolute atomic E-state index is 13.1. The average Bonchev–Trinajstić information content (AvgIpc) is 3.41. The molecule has 3 heterocycles. The summed E-state index contributed by atoms with van der Waals surface area (Å²) in [7, 11) is 0. The number of rotatable bonds is 4. The highest BCUT2D eigenvalue weighted by Crippen LogP contribution is 2.36. The Labute approximate surface area is 175 Å². The molecule has 0 saturated carbocycles. The van der Waals surface area contributed by atoms with Gasteiger partial charge < -0.3 is 20.5 Å². The predicted molar refractivity (Wildman–Crippen MR) is 114 cm³/mol. The van der Waals surface area contributed by atoms with Gasteiger partial charge in [0.2, 0.25) is 6.79 Å². The maximum Gasteiger partial charge on any atom is 0.257 e. The van der Waals surface area contributed by atoms with Crippen LogP contribution < -0.4 is 20.5 Å². The molecule has 30 heavy (non-hydrogen) atoms. The van der Waals surface area contributed by atoms with Crippen molar-refractivity contribution in [3.63, 3.8) is 0 Å². The predicted octanol–water partition coefficient (Wildman–Crippen LogP) is 4.04. The first-order valence-corrected chi connectivity index (χ1v) is 9.96. The van der Waals surface area contributed by atoms with Crippen LogP contribution in [0.2, 0.25) is 0 Å². The molecule has 8 heteroatoms. The number of hydrogen-bond donors (Lipinski definition) is 2. The van der Waals surface area contributed by atoms with Crippen molar-refractivity contribution in [1.82, 2.24) is 4.98 Å². The molecule has 0 radical (unpaired) electrons. The van der Waals surface area contributed by atoms with Crippen LogP contribution in [-0.4, -0.2) is 23.6 Å². The largest absolute Gasteiger partial charge is 0.454 e. The van der Waals surface area contributed by atoms with E-state index >= 15 is 0 Å². The molecule has 7 nitrogen and oxygen atoms in total. The van der Waals surface area contributed by atoms with Crippen LogP contribution in [0.15, 0.2) is 60.0 Å². The molecule has 0 fully saturated rings. The molecule has 0 bridgehead atoms. The molecular formula is C22H15N3O4S. The van der Waals surface area contributed by atoms with Crippen molar-refractivity contribution in [2.45, 2.75) is 0 Å². The highest BCUT2D eigenvalue weighted by molar-refractivity contribution is 7.14. The van der Waals surface area contributed by atoms with Gasteiger partial charge in [-0.25, -0.2) is 4.98 Å². The van der Waals surface area contributed by atoms with Crippen LogP contribution in [0.4, 0.5) is 5.00 Å². The molecule has 1 aliphatic heterocycles. The summed E-state index contributed by atoms with van der Waals surface area (Å²) < 4.78 is 10.8. The van der Waals surface area contributed by atoms with Gasteiger partial charge in [-0.1, -0.05) is 18.2 Å². The summed E-state index contributed by atoms with van der Waals surface area (Å²) in [5.74, 6) is 0.375. The summed E-state index contributed by atoms with van der Waals surface area (Å²) in [6.07, 6.45) is 0. The summed E-state index contributed by atoms with van der Waals surface area (Å²) in [6, 6.07) is 16.2. The standard InChI is InChI=1S/C22H15N3O4S/c23-20(26)14-7-8-30-22(14)25-21(27)15-10-17(24-16-4-2-1-3-13(15)16)12-5-6-18-19(9-12)29-11-28-18/h1-10H,11H2,(H2,23,26)(H,25,27). The minimum Gasteiger partial charge on any atom is -0.454 e. The number of nitrogens with one attached hydrogen (secondary N) is 1. The number of aromatic nitrogens is 1. The van der Waals surface area contributed by atoms with Crippen molar-refractivity contribution < 1.29 is 19.1 Å². The van der Waals surface area contributed by atoms with Crippen molar-refractivity contribution in [1.29, 1.82) is 0 Å². The molecule has 0 spiro atoms. The second kappa shape index (κ2) is 7.16. The van der Waals surface area contributed by atoms with Gasteiger partial charge in [-0.3, -0.25) is 9.59 Å². The Morgan fingerprint density at radius 2 is 1.83 bits per heavy atom. The molecule has 4 aromatic rings. The zero-order valence-corrected chi connectivity index (χ0v) is 16.4. The lowest BCUT2D eigenvalue weighted by atomic mass is 10.0. The monoisotopic (exact) mass is 417 g/mol. The first kappa shape index (κ1) is 18.1. The van der Waals surface area contributed by atoms with E-state index in [1.54, 1.807) is 17.5 Å². The van der Waals surface area contributed by atoms with E-state index in [-0.39, 0.29) is 18.3 Å². The number of benzene rings is 2. The molecule has 1 aliphatic rings. The van der Waals surface area contributed by atoms with Gasteiger partial charge in [0.1, 0.15) is 5.00 Å². The number of hydrogen-bond acceptors (Lipinski definition) is 6. The van der Waals surface area contributed by atoms with Crippen LogP contribution in [0.1, 0.15) is 20.7 Å². The lowest BCUT2D eigenvalue weighted by molar-refractivity contribution is 0.100. The van der Waals surface area contributed by atoms with E-state index in [1.807, 2.05) is 42.5 Å². The Hall–Kier alpha value is -3.91. The smallest absolute Gasteiger partial charge is 0.257 e. The molecular weight excluding hydrogens is 402 g/mol. The van der Waals surface area contributed by atoms with Crippen molar-refractivity contribution >= 4 is 39.1 Å². The molecule has 2 aromatic heterocycles. The Morgan fingerprint density at radius 3 is 2.70 bits per heavy atom. The van der Waals surface area contributed by atoms with E-state index < -0.39 is 5.91 Å². The van der Waals surface area contributed by atoms with Crippen molar-refractivity contribution in [3.8, 4) is 22.8 Å². The number of thiophene rings is 1. The maximum atomic E-state index is 13.1. The minimum absolute atomic E-state index is 0.181. The first-order chi connectivity index (χ1) is 14.6. The number of anilines is 1. The quantitative estimate of drug-likeness (QED) is 0.522. The zero-order valence-electron chi connectivity index (χ0n) is 15.5. The van der Waals surface area contributed by atoms with Gasteiger partial charge in [-0.15, -0.1) is 11.3 Å². The summed E-state index contributed by atoms with van der Waals surface area (Å²) in [5.41, 5.74) is 8.22. The van der Waals surface area contributed by atoms with Gasteiger partial charge >= 0.3 is 0 Å². The van der Waals surface area contributed by atoms with Crippen LogP contribution >= 0.6 is 11.3 Å². The second-order valence-corrected chi connectivity index (χ2v) is 7.54. The fourth-order valence-corrected chi connectivity index (χ4v) is 4.12. The summed E-state index contributed by atoms with van der Waals surface area (Å²) in [6.45, 7) is 0.181. The van der Waals surface area contributed by atoms with E-state index in [4.69, 9.17) is 20.2 Å². The van der Waals surface area contributed by atoms with Crippen LogP contribution in [0.3, 0.4) is 0 Å². The molecule has 0 aliphatic carbocycles. The molecule has 5 rings (SSSR count). The highest BCUT2D eigenvalue weighted by Gasteiger charge is 2.19. The fraction of sp³-hybridized carbons (Fsp3) is 0.0455. The van der Waals surface area contributed by atoms with E-state index in [0.29, 0.717) is 38.7 Å². The first-order valence-electron chi connectivity index (χ1n) is 9.08. The van der Waals surface area contributed by atoms with Gasteiger partial charge in [0, 0.05) is 10.9 Å². The summed E-state index contributed by atoms with van der Waals surface area (Å²) in [4.78, 5) is 29.4.